The van der Waals surface area contributed by atoms with Gasteiger partial charge in [0.1, 0.15) is 0 Å². The molecular weight excluding hydrogens is 226 g/mol. The Morgan fingerprint density at radius 2 is 1.88 bits per heavy atom. The SMILES string of the molecule is C=CC(C=C)(OC(=O)C(=C)C)C1CC(F)(F)C1. The standard InChI is InChI=1S/C13H16F2O2/c1-5-12(6-2,17-11(16)9(3)4)10-7-13(14,15)8-10/h5-6,10H,1-3,7-8H2,4H3. The zero-order valence-electron chi connectivity index (χ0n) is 9.84. The maximum atomic E-state index is 12.9. The van der Waals surface area contributed by atoms with E-state index in [9.17, 15) is 13.6 Å². The van der Waals surface area contributed by atoms with Crippen molar-refractivity contribution >= 4 is 5.97 Å². The second kappa shape index (κ2) is 4.43. The largest absolute Gasteiger partial charge is 0.447 e. The molecule has 4 heteroatoms. The molecule has 17 heavy (non-hydrogen) atoms. The summed E-state index contributed by atoms with van der Waals surface area (Å²) in [6.07, 6.45) is 2.05. The highest BCUT2D eigenvalue weighted by molar-refractivity contribution is 5.87. The van der Waals surface area contributed by atoms with Crippen molar-refractivity contribution in [3.8, 4) is 0 Å². The minimum Gasteiger partial charge on any atom is -0.447 e. The lowest BCUT2D eigenvalue weighted by atomic mass is 9.70. The van der Waals surface area contributed by atoms with Gasteiger partial charge in [0.25, 0.3) is 0 Å². The van der Waals surface area contributed by atoms with E-state index in [-0.39, 0.29) is 18.4 Å². The summed E-state index contributed by atoms with van der Waals surface area (Å²) < 4.78 is 30.9. The number of halogens is 2. The highest BCUT2D eigenvalue weighted by Gasteiger charge is 2.54. The minimum absolute atomic E-state index is 0.212. The molecule has 0 aliphatic heterocycles. The zero-order valence-corrected chi connectivity index (χ0v) is 9.84. The summed E-state index contributed by atoms with van der Waals surface area (Å²) in [6.45, 7) is 12.0. The summed E-state index contributed by atoms with van der Waals surface area (Å²) in [4.78, 5) is 11.5. The first kappa shape index (κ1) is 13.6. The Morgan fingerprint density at radius 1 is 1.41 bits per heavy atom. The maximum absolute atomic E-state index is 12.9. The van der Waals surface area contributed by atoms with Gasteiger partial charge < -0.3 is 4.74 Å². The van der Waals surface area contributed by atoms with E-state index in [0.717, 1.165) is 0 Å². The van der Waals surface area contributed by atoms with E-state index < -0.39 is 23.4 Å². The molecule has 1 aliphatic rings. The van der Waals surface area contributed by atoms with Gasteiger partial charge in [-0.05, 0) is 19.1 Å². The van der Waals surface area contributed by atoms with E-state index in [4.69, 9.17) is 4.74 Å². The van der Waals surface area contributed by atoms with Gasteiger partial charge >= 0.3 is 5.97 Å². The molecule has 2 nitrogen and oxygen atoms in total. The normalized spacial score (nSPS) is 19.0. The average Bonchev–Trinajstić information content (AvgIpc) is 2.22. The molecule has 1 aliphatic carbocycles. The van der Waals surface area contributed by atoms with Crippen molar-refractivity contribution in [3.63, 3.8) is 0 Å². The number of hydrogen-bond acceptors (Lipinski definition) is 2. The van der Waals surface area contributed by atoms with Crippen molar-refractivity contribution in [2.75, 3.05) is 0 Å². The molecule has 0 amide bonds. The third kappa shape index (κ3) is 2.62. The molecule has 0 atom stereocenters. The summed E-state index contributed by atoms with van der Waals surface area (Å²) in [7, 11) is 0. The molecule has 1 rings (SSSR count). The van der Waals surface area contributed by atoms with E-state index in [1.165, 1.54) is 19.1 Å². The van der Waals surface area contributed by atoms with Crippen LogP contribution in [0.4, 0.5) is 8.78 Å². The summed E-state index contributed by atoms with van der Waals surface area (Å²) in [5.41, 5.74) is -1.01. The van der Waals surface area contributed by atoms with Gasteiger partial charge in [-0.2, -0.15) is 0 Å². The number of alkyl halides is 2. The summed E-state index contributed by atoms with van der Waals surface area (Å²) in [6, 6.07) is 0. The molecule has 0 bridgehead atoms. The van der Waals surface area contributed by atoms with Crippen LogP contribution < -0.4 is 0 Å². The fourth-order valence-electron chi connectivity index (χ4n) is 1.81. The third-order valence-corrected chi connectivity index (χ3v) is 2.98. The predicted octanol–water partition coefficient (Wildman–Crippen LogP) is 3.26. The van der Waals surface area contributed by atoms with Crippen LogP contribution in [0, 0.1) is 5.92 Å². The fourth-order valence-corrected chi connectivity index (χ4v) is 1.81. The molecule has 0 aromatic heterocycles. The lowest BCUT2D eigenvalue weighted by Gasteiger charge is -2.44. The van der Waals surface area contributed by atoms with Gasteiger partial charge in [-0.1, -0.05) is 19.7 Å². The molecule has 0 radical (unpaired) electrons. The lowest BCUT2D eigenvalue weighted by molar-refractivity contribution is -0.177. The topological polar surface area (TPSA) is 26.3 Å². The van der Waals surface area contributed by atoms with E-state index in [1.54, 1.807) is 0 Å². The van der Waals surface area contributed by atoms with Crippen molar-refractivity contribution in [2.24, 2.45) is 5.92 Å². The van der Waals surface area contributed by atoms with Crippen molar-refractivity contribution in [2.45, 2.75) is 31.3 Å². The average molecular weight is 242 g/mol. The van der Waals surface area contributed by atoms with Crippen LogP contribution in [-0.2, 0) is 9.53 Å². The molecule has 0 saturated heterocycles. The van der Waals surface area contributed by atoms with E-state index >= 15 is 0 Å². The highest BCUT2D eigenvalue weighted by atomic mass is 19.3. The maximum Gasteiger partial charge on any atom is 0.334 e. The van der Waals surface area contributed by atoms with Crippen LogP contribution in [0.2, 0.25) is 0 Å². The first-order valence-electron chi connectivity index (χ1n) is 5.30. The van der Waals surface area contributed by atoms with Crippen LogP contribution in [0.15, 0.2) is 37.5 Å². The van der Waals surface area contributed by atoms with Crippen molar-refractivity contribution in [1.82, 2.24) is 0 Å². The molecule has 0 heterocycles. The first-order chi connectivity index (χ1) is 7.76. The summed E-state index contributed by atoms with van der Waals surface area (Å²) in [5, 5.41) is 0. The number of ether oxygens (including phenoxy) is 1. The molecule has 0 aromatic rings. The highest BCUT2D eigenvalue weighted by Crippen LogP contribution is 2.49. The Morgan fingerprint density at radius 3 is 2.18 bits per heavy atom. The monoisotopic (exact) mass is 242 g/mol. The van der Waals surface area contributed by atoms with Crippen molar-refractivity contribution in [3.05, 3.63) is 37.5 Å². The van der Waals surface area contributed by atoms with Gasteiger partial charge in [-0.25, -0.2) is 13.6 Å². The zero-order chi connectivity index (χ0) is 13.3. The van der Waals surface area contributed by atoms with Gasteiger partial charge in [0.2, 0.25) is 5.92 Å². The minimum atomic E-state index is -2.68. The van der Waals surface area contributed by atoms with Crippen LogP contribution in [0.25, 0.3) is 0 Å². The Kier molecular flexibility index (Phi) is 3.55. The molecule has 1 fully saturated rings. The van der Waals surface area contributed by atoms with Crippen LogP contribution in [0.5, 0.6) is 0 Å². The lowest BCUT2D eigenvalue weighted by Crippen LogP contribution is -2.50. The van der Waals surface area contributed by atoms with Gasteiger partial charge in [0.15, 0.2) is 5.60 Å². The number of esters is 1. The molecule has 0 N–H and O–H groups in total. The second-order valence-electron chi connectivity index (χ2n) is 4.39. The fraction of sp³-hybridized carbons (Fsp3) is 0.462. The predicted molar refractivity (Wildman–Crippen MR) is 61.7 cm³/mol. The Labute approximate surface area is 99.7 Å². The molecule has 1 saturated carbocycles. The van der Waals surface area contributed by atoms with E-state index in [1.807, 2.05) is 0 Å². The Balaban J connectivity index is 2.84. The number of carbonyl (C=O) groups is 1. The summed E-state index contributed by atoms with van der Waals surface area (Å²) >= 11 is 0. The summed E-state index contributed by atoms with van der Waals surface area (Å²) in [5.74, 6) is -3.78. The van der Waals surface area contributed by atoms with Gasteiger partial charge in [-0.15, -0.1) is 0 Å². The Hall–Kier alpha value is -1.45. The van der Waals surface area contributed by atoms with Gasteiger partial charge in [0, 0.05) is 24.3 Å². The first-order valence-corrected chi connectivity index (χ1v) is 5.30. The molecule has 0 spiro atoms. The number of hydrogen-bond donors (Lipinski definition) is 0. The third-order valence-electron chi connectivity index (χ3n) is 2.98. The van der Waals surface area contributed by atoms with E-state index in [0.29, 0.717) is 0 Å². The quantitative estimate of drug-likeness (QED) is 0.420. The van der Waals surface area contributed by atoms with Crippen LogP contribution in [0.1, 0.15) is 19.8 Å². The molecular formula is C13H16F2O2. The smallest absolute Gasteiger partial charge is 0.334 e. The van der Waals surface area contributed by atoms with Crippen LogP contribution in [0.3, 0.4) is 0 Å². The molecule has 0 unspecified atom stereocenters. The van der Waals surface area contributed by atoms with Crippen LogP contribution in [-0.4, -0.2) is 17.5 Å². The van der Waals surface area contributed by atoms with Gasteiger partial charge in [-0.3, -0.25) is 0 Å². The molecule has 94 valence electrons. The van der Waals surface area contributed by atoms with Crippen molar-refractivity contribution < 1.29 is 18.3 Å². The van der Waals surface area contributed by atoms with Crippen molar-refractivity contribution in [1.29, 1.82) is 0 Å². The molecule has 0 aromatic carbocycles. The van der Waals surface area contributed by atoms with Crippen LogP contribution >= 0.6 is 0 Å². The Bertz CT molecular complexity index is 356. The number of carbonyl (C=O) groups excluding carboxylic acids is 1. The second-order valence-corrected chi connectivity index (χ2v) is 4.39. The van der Waals surface area contributed by atoms with E-state index in [2.05, 4.69) is 19.7 Å². The number of rotatable bonds is 5. The van der Waals surface area contributed by atoms with Gasteiger partial charge in [0.05, 0.1) is 0 Å².